The zero-order valence-electron chi connectivity index (χ0n) is 12.4. The third-order valence-electron chi connectivity index (χ3n) is 3.89. The van der Waals surface area contributed by atoms with Gasteiger partial charge in [0.05, 0.1) is 6.54 Å². The van der Waals surface area contributed by atoms with Gasteiger partial charge in [0.2, 0.25) is 0 Å². The first-order chi connectivity index (χ1) is 10.2. The third kappa shape index (κ3) is 3.43. The average molecular weight is 279 g/mol. The minimum Gasteiger partial charge on any atom is -0.370 e. The maximum absolute atomic E-state index is 5.98. The van der Waals surface area contributed by atoms with Crippen molar-refractivity contribution in [1.82, 2.24) is 0 Å². The molecular weight excluding hydrogens is 258 g/mol. The van der Waals surface area contributed by atoms with Crippen molar-refractivity contribution < 1.29 is 0 Å². The van der Waals surface area contributed by atoms with Gasteiger partial charge in [0.15, 0.2) is 5.96 Å². The molecule has 0 saturated heterocycles. The van der Waals surface area contributed by atoms with Crippen LogP contribution in [-0.4, -0.2) is 5.96 Å². The van der Waals surface area contributed by atoms with Gasteiger partial charge >= 0.3 is 0 Å². The number of nitrogens with zero attached hydrogens (tertiary/aromatic N) is 1. The van der Waals surface area contributed by atoms with Crippen molar-refractivity contribution in [2.24, 2.45) is 10.7 Å². The zero-order valence-corrected chi connectivity index (χ0v) is 12.4. The van der Waals surface area contributed by atoms with Crippen molar-refractivity contribution in [3.05, 3.63) is 64.7 Å². The lowest BCUT2D eigenvalue weighted by Gasteiger charge is -2.08. The second-order valence-corrected chi connectivity index (χ2v) is 5.65. The summed E-state index contributed by atoms with van der Waals surface area (Å²) < 4.78 is 0. The molecule has 3 rings (SSSR count). The Morgan fingerprint density at radius 2 is 2.00 bits per heavy atom. The number of hydrogen-bond donors (Lipinski definition) is 2. The fourth-order valence-electron chi connectivity index (χ4n) is 2.82. The molecule has 2 aromatic rings. The van der Waals surface area contributed by atoms with Crippen LogP contribution in [0.2, 0.25) is 0 Å². The zero-order chi connectivity index (χ0) is 14.7. The maximum Gasteiger partial charge on any atom is 0.193 e. The molecule has 3 nitrogen and oxygen atoms in total. The number of nitrogens with two attached hydrogens (primary N) is 1. The van der Waals surface area contributed by atoms with Gasteiger partial charge in [-0.2, -0.15) is 0 Å². The van der Waals surface area contributed by atoms with Gasteiger partial charge in [-0.1, -0.05) is 35.9 Å². The monoisotopic (exact) mass is 279 g/mol. The summed E-state index contributed by atoms with van der Waals surface area (Å²) >= 11 is 0. The number of hydrogen-bond acceptors (Lipinski definition) is 1. The van der Waals surface area contributed by atoms with E-state index in [1.807, 2.05) is 6.07 Å². The number of aliphatic imine (C=N–C) groups is 1. The summed E-state index contributed by atoms with van der Waals surface area (Å²) in [4.78, 5) is 4.41. The Bertz CT molecular complexity index is 674. The molecule has 2 aromatic carbocycles. The molecular formula is C18H21N3. The van der Waals surface area contributed by atoms with Crippen LogP contribution in [0.3, 0.4) is 0 Å². The molecule has 108 valence electrons. The molecule has 0 bridgehead atoms. The standard InChI is InChI=1S/C18H21N3/c1-13-4-2-5-14(10-13)12-20-18(19)21-17-9-8-15-6-3-7-16(15)11-17/h2,4-5,8-11H,3,6-7,12H2,1H3,(H3,19,20,21). The predicted octanol–water partition coefficient (Wildman–Crippen LogP) is 3.41. The molecule has 3 N–H and O–H groups in total. The number of anilines is 1. The van der Waals surface area contributed by atoms with Crippen LogP contribution < -0.4 is 11.1 Å². The number of benzene rings is 2. The van der Waals surface area contributed by atoms with Crippen LogP contribution >= 0.6 is 0 Å². The van der Waals surface area contributed by atoms with Crippen LogP contribution in [0.1, 0.15) is 28.7 Å². The first-order valence-corrected chi connectivity index (χ1v) is 7.45. The molecule has 0 heterocycles. The van der Waals surface area contributed by atoms with Gasteiger partial charge in [0.1, 0.15) is 0 Å². The summed E-state index contributed by atoms with van der Waals surface area (Å²) in [6.45, 7) is 2.69. The van der Waals surface area contributed by atoms with Crippen LogP contribution in [0.15, 0.2) is 47.5 Å². The molecule has 0 atom stereocenters. The van der Waals surface area contributed by atoms with Crippen molar-refractivity contribution in [2.75, 3.05) is 5.32 Å². The first kappa shape index (κ1) is 13.7. The summed E-state index contributed by atoms with van der Waals surface area (Å²) in [5.74, 6) is 0.467. The molecule has 0 radical (unpaired) electrons. The lowest BCUT2D eigenvalue weighted by molar-refractivity contribution is 0.912. The highest BCUT2D eigenvalue weighted by Gasteiger charge is 2.10. The Labute approximate surface area is 125 Å². The van der Waals surface area contributed by atoms with E-state index in [0.29, 0.717) is 12.5 Å². The van der Waals surface area contributed by atoms with Crippen molar-refractivity contribution in [3.63, 3.8) is 0 Å². The Kier molecular flexibility index (Phi) is 3.91. The molecule has 1 aliphatic rings. The molecule has 0 saturated carbocycles. The molecule has 0 unspecified atom stereocenters. The van der Waals surface area contributed by atoms with Gasteiger partial charge in [-0.05, 0) is 55.0 Å². The summed E-state index contributed by atoms with van der Waals surface area (Å²) in [7, 11) is 0. The average Bonchev–Trinajstić information content (AvgIpc) is 2.93. The number of aryl methyl sites for hydroxylation is 3. The second kappa shape index (κ2) is 6.00. The minimum atomic E-state index is 0.467. The highest BCUT2D eigenvalue weighted by atomic mass is 15.1. The van der Waals surface area contributed by atoms with Crippen LogP contribution in [-0.2, 0) is 19.4 Å². The largest absolute Gasteiger partial charge is 0.370 e. The van der Waals surface area contributed by atoms with E-state index < -0.39 is 0 Å². The molecule has 0 spiro atoms. The Balaban J connectivity index is 1.65. The molecule has 1 aliphatic carbocycles. The van der Waals surface area contributed by atoms with Crippen LogP contribution in [0.5, 0.6) is 0 Å². The van der Waals surface area contributed by atoms with E-state index >= 15 is 0 Å². The molecule has 3 heteroatoms. The normalized spacial score (nSPS) is 14.0. The van der Waals surface area contributed by atoms with Crippen molar-refractivity contribution in [2.45, 2.75) is 32.7 Å². The molecule has 0 aromatic heterocycles. The van der Waals surface area contributed by atoms with Crippen molar-refractivity contribution >= 4 is 11.6 Å². The van der Waals surface area contributed by atoms with Crippen molar-refractivity contribution in [1.29, 1.82) is 0 Å². The second-order valence-electron chi connectivity index (χ2n) is 5.65. The Morgan fingerprint density at radius 1 is 1.14 bits per heavy atom. The summed E-state index contributed by atoms with van der Waals surface area (Å²) in [6.07, 6.45) is 3.63. The van der Waals surface area contributed by atoms with Crippen LogP contribution in [0.4, 0.5) is 5.69 Å². The van der Waals surface area contributed by atoms with Gasteiger partial charge < -0.3 is 11.1 Å². The van der Waals surface area contributed by atoms with E-state index in [2.05, 4.69) is 53.6 Å². The smallest absolute Gasteiger partial charge is 0.193 e. The number of guanidine groups is 1. The van der Waals surface area contributed by atoms with Gasteiger partial charge in [0.25, 0.3) is 0 Å². The van der Waals surface area contributed by atoms with Gasteiger partial charge in [-0.25, -0.2) is 4.99 Å². The number of rotatable bonds is 3. The van der Waals surface area contributed by atoms with Gasteiger partial charge in [-0.15, -0.1) is 0 Å². The minimum absolute atomic E-state index is 0.467. The SMILES string of the molecule is Cc1cccc(CN=C(N)Nc2ccc3c(c2)CCC3)c1. The molecule has 21 heavy (non-hydrogen) atoms. The van der Waals surface area contributed by atoms with Crippen molar-refractivity contribution in [3.8, 4) is 0 Å². The third-order valence-corrected chi connectivity index (χ3v) is 3.89. The summed E-state index contributed by atoms with van der Waals surface area (Å²) in [6, 6.07) is 14.8. The van der Waals surface area contributed by atoms with E-state index in [-0.39, 0.29) is 0 Å². The number of fused-ring (bicyclic) bond motifs is 1. The topological polar surface area (TPSA) is 50.4 Å². The quantitative estimate of drug-likeness (QED) is 0.668. The van der Waals surface area contributed by atoms with Gasteiger partial charge in [0, 0.05) is 5.69 Å². The maximum atomic E-state index is 5.98. The number of nitrogens with one attached hydrogen (secondary N) is 1. The molecule has 0 fully saturated rings. The first-order valence-electron chi connectivity index (χ1n) is 7.45. The summed E-state index contributed by atoms with van der Waals surface area (Å²) in [5.41, 5.74) is 12.3. The fraction of sp³-hybridized carbons (Fsp3) is 0.278. The van der Waals surface area contributed by atoms with E-state index in [1.54, 1.807) is 0 Å². The van der Waals surface area contributed by atoms with E-state index in [1.165, 1.54) is 41.5 Å². The van der Waals surface area contributed by atoms with E-state index in [9.17, 15) is 0 Å². The molecule has 0 aliphatic heterocycles. The van der Waals surface area contributed by atoms with Gasteiger partial charge in [-0.3, -0.25) is 0 Å². The highest BCUT2D eigenvalue weighted by Crippen LogP contribution is 2.24. The van der Waals surface area contributed by atoms with Crippen LogP contribution in [0, 0.1) is 6.92 Å². The van der Waals surface area contributed by atoms with Crippen LogP contribution in [0.25, 0.3) is 0 Å². The van der Waals surface area contributed by atoms with E-state index in [4.69, 9.17) is 5.73 Å². The highest BCUT2D eigenvalue weighted by molar-refractivity contribution is 5.92. The lowest BCUT2D eigenvalue weighted by Crippen LogP contribution is -2.22. The Hall–Kier alpha value is -2.29. The summed E-state index contributed by atoms with van der Waals surface area (Å²) in [5, 5.41) is 3.18. The lowest BCUT2D eigenvalue weighted by atomic mass is 10.1. The van der Waals surface area contributed by atoms with E-state index in [0.717, 1.165) is 5.69 Å². The fourth-order valence-corrected chi connectivity index (χ4v) is 2.82. The molecule has 0 amide bonds. The predicted molar refractivity (Wildman–Crippen MR) is 88.6 cm³/mol. The Morgan fingerprint density at radius 3 is 2.86 bits per heavy atom.